The van der Waals surface area contributed by atoms with E-state index in [1.165, 1.54) is 19.2 Å². The van der Waals surface area contributed by atoms with Gasteiger partial charge in [0.25, 0.3) is 0 Å². The fourth-order valence-corrected chi connectivity index (χ4v) is 4.51. The van der Waals surface area contributed by atoms with E-state index in [-0.39, 0.29) is 16.0 Å². The molecule has 1 atom stereocenters. The minimum atomic E-state index is -3.64. The average molecular weight is 371 g/mol. The van der Waals surface area contributed by atoms with Crippen molar-refractivity contribution in [3.63, 3.8) is 0 Å². The molecule has 24 heavy (non-hydrogen) atoms. The number of methoxy groups -OCH3 is 1. The normalized spacial score (nSPS) is 18.0. The first-order valence-corrected chi connectivity index (χ1v) is 9.51. The lowest BCUT2D eigenvalue weighted by Gasteiger charge is -2.16. The summed E-state index contributed by atoms with van der Waals surface area (Å²) in [5.41, 5.74) is 0. The van der Waals surface area contributed by atoms with Crippen LogP contribution in [0.2, 0.25) is 5.02 Å². The molecular formula is C15H19ClN4O3S. The molecular weight excluding hydrogens is 352 g/mol. The third kappa shape index (κ3) is 3.40. The highest BCUT2D eigenvalue weighted by atomic mass is 35.5. The summed E-state index contributed by atoms with van der Waals surface area (Å²) in [4.78, 5) is 0.133. The van der Waals surface area contributed by atoms with Crippen LogP contribution >= 0.6 is 11.6 Å². The van der Waals surface area contributed by atoms with Crippen molar-refractivity contribution >= 4 is 21.6 Å². The minimum Gasteiger partial charge on any atom is -0.495 e. The van der Waals surface area contributed by atoms with Gasteiger partial charge < -0.3 is 9.30 Å². The molecule has 1 aliphatic rings. The van der Waals surface area contributed by atoms with Crippen LogP contribution < -0.4 is 9.46 Å². The molecule has 2 aromatic rings. The van der Waals surface area contributed by atoms with E-state index in [4.69, 9.17) is 16.3 Å². The van der Waals surface area contributed by atoms with Crippen molar-refractivity contribution in [3.8, 4) is 5.75 Å². The molecule has 0 fully saturated rings. The summed E-state index contributed by atoms with van der Waals surface area (Å²) < 4.78 is 35.1. The lowest BCUT2D eigenvalue weighted by Crippen LogP contribution is -2.35. The standard InChI is InChI=1S/C15H19ClN4O3S/c1-10-17-18-15-6-3-11(7-8-20(10)15)19-24(21,22)12-4-5-14(23-2)13(16)9-12/h4-5,9,11,19H,3,6-8H2,1-2H3. The summed E-state index contributed by atoms with van der Waals surface area (Å²) in [6.07, 6.45) is 2.06. The number of hydrogen-bond donors (Lipinski definition) is 1. The van der Waals surface area contributed by atoms with E-state index in [1.807, 2.05) is 11.5 Å². The predicted octanol–water partition coefficient (Wildman–Crippen LogP) is 1.93. The van der Waals surface area contributed by atoms with Crippen LogP contribution in [-0.4, -0.2) is 36.3 Å². The summed E-state index contributed by atoms with van der Waals surface area (Å²) in [7, 11) is -2.15. The third-order valence-corrected chi connectivity index (χ3v) is 6.00. The number of halogens is 1. The summed E-state index contributed by atoms with van der Waals surface area (Å²) >= 11 is 6.03. The van der Waals surface area contributed by atoms with Crippen molar-refractivity contribution in [1.29, 1.82) is 0 Å². The number of sulfonamides is 1. The fourth-order valence-electron chi connectivity index (χ4n) is 2.85. The van der Waals surface area contributed by atoms with Gasteiger partial charge in [-0.2, -0.15) is 0 Å². The Hall–Kier alpha value is -1.64. The van der Waals surface area contributed by atoms with Gasteiger partial charge in [0.05, 0.1) is 17.0 Å². The van der Waals surface area contributed by atoms with Gasteiger partial charge in [-0.15, -0.1) is 10.2 Å². The zero-order valence-corrected chi connectivity index (χ0v) is 15.1. The van der Waals surface area contributed by atoms with Crippen LogP contribution in [0.15, 0.2) is 23.1 Å². The molecule has 0 bridgehead atoms. The SMILES string of the molecule is COc1ccc(S(=O)(=O)NC2CCc3nnc(C)n3CC2)cc1Cl. The Morgan fingerprint density at radius 2 is 2.12 bits per heavy atom. The van der Waals surface area contributed by atoms with E-state index < -0.39 is 10.0 Å². The van der Waals surface area contributed by atoms with Crippen molar-refractivity contribution in [1.82, 2.24) is 19.5 Å². The van der Waals surface area contributed by atoms with Gasteiger partial charge in [-0.3, -0.25) is 0 Å². The second kappa shape index (κ2) is 6.70. The Kier molecular flexibility index (Phi) is 4.80. The predicted molar refractivity (Wildman–Crippen MR) is 89.8 cm³/mol. The van der Waals surface area contributed by atoms with Crippen LogP contribution in [0.1, 0.15) is 24.5 Å². The Morgan fingerprint density at radius 3 is 2.83 bits per heavy atom. The highest BCUT2D eigenvalue weighted by Crippen LogP contribution is 2.27. The Labute approximate surface area is 146 Å². The molecule has 0 radical (unpaired) electrons. The number of ether oxygens (including phenoxy) is 1. The lowest BCUT2D eigenvalue weighted by atomic mass is 10.1. The Balaban J connectivity index is 1.74. The molecule has 0 aliphatic carbocycles. The van der Waals surface area contributed by atoms with Gasteiger partial charge in [-0.25, -0.2) is 13.1 Å². The number of aryl methyl sites for hydroxylation is 2. The van der Waals surface area contributed by atoms with Crippen LogP contribution in [0.5, 0.6) is 5.75 Å². The third-order valence-electron chi connectivity index (χ3n) is 4.19. The van der Waals surface area contributed by atoms with Crippen molar-refractivity contribution in [3.05, 3.63) is 34.9 Å². The molecule has 1 N–H and O–H groups in total. The molecule has 0 saturated carbocycles. The topological polar surface area (TPSA) is 86.1 Å². The lowest BCUT2D eigenvalue weighted by molar-refractivity contribution is 0.414. The summed E-state index contributed by atoms with van der Waals surface area (Å²) in [6.45, 7) is 2.60. The van der Waals surface area contributed by atoms with Crippen molar-refractivity contribution in [2.24, 2.45) is 0 Å². The fraction of sp³-hybridized carbons (Fsp3) is 0.467. The monoisotopic (exact) mass is 370 g/mol. The zero-order chi connectivity index (χ0) is 17.3. The molecule has 1 aromatic heterocycles. The minimum absolute atomic E-state index is 0.133. The van der Waals surface area contributed by atoms with Crippen LogP contribution in [0, 0.1) is 6.92 Å². The molecule has 2 heterocycles. The zero-order valence-electron chi connectivity index (χ0n) is 13.5. The number of fused-ring (bicyclic) bond motifs is 1. The van der Waals surface area contributed by atoms with Gasteiger partial charge in [-0.05, 0) is 38.0 Å². The summed E-state index contributed by atoms with van der Waals surface area (Å²) in [5, 5.41) is 8.47. The second-order valence-corrected chi connectivity index (χ2v) is 7.88. The summed E-state index contributed by atoms with van der Waals surface area (Å²) in [5.74, 6) is 2.20. The van der Waals surface area contributed by atoms with Gasteiger partial charge in [-0.1, -0.05) is 11.6 Å². The van der Waals surface area contributed by atoms with E-state index in [9.17, 15) is 8.42 Å². The molecule has 1 aromatic carbocycles. The Bertz CT molecular complexity index is 850. The van der Waals surface area contributed by atoms with Crippen LogP contribution in [0.4, 0.5) is 0 Å². The molecule has 7 nitrogen and oxygen atoms in total. The smallest absolute Gasteiger partial charge is 0.240 e. The van der Waals surface area contributed by atoms with Crippen molar-refractivity contribution in [2.75, 3.05) is 7.11 Å². The summed E-state index contributed by atoms with van der Waals surface area (Å²) in [6, 6.07) is 4.28. The number of nitrogens with zero attached hydrogens (tertiary/aromatic N) is 3. The van der Waals surface area contributed by atoms with E-state index in [2.05, 4.69) is 14.9 Å². The van der Waals surface area contributed by atoms with Gasteiger partial charge in [0.1, 0.15) is 17.4 Å². The molecule has 3 rings (SSSR count). The number of benzene rings is 1. The first-order chi connectivity index (χ1) is 11.4. The first kappa shape index (κ1) is 17.2. The van der Waals surface area contributed by atoms with Crippen LogP contribution in [-0.2, 0) is 23.0 Å². The quantitative estimate of drug-likeness (QED) is 0.888. The number of nitrogens with one attached hydrogen (secondary N) is 1. The maximum absolute atomic E-state index is 12.6. The number of rotatable bonds is 4. The molecule has 9 heteroatoms. The maximum Gasteiger partial charge on any atom is 0.240 e. The van der Waals surface area contributed by atoms with E-state index in [0.717, 1.165) is 11.6 Å². The van der Waals surface area contributed by atoms with Crippen LogP contribution in [0.3, 0.4) is 0 Å². The van der Waals surface area contributed by atoms with Crippen molar-refractivity contribution < 1.29 is 13.2 Å². The number of aromatic nitrogens is 3. The van der Waals surface area contributed by atoms with Gasteiger partial charge in [0.2, 0.25) is 10.0 Å². The maximum atomic E-state index is 12.6. The van der Waals surface area contributed by atoms with E-state index in [1.54, 1.807) is 6.07 Å². The average Bonchev–Trinajstić information content (AvgIpc) is 2.77. The Morgan fingerprint density at radius 1 is 1.33 bits per heavy atom. The van der Waals surface area contributed by atoms with Crippen LogP contribution in [0.25, 0.3) is 0 Å². The van der Waals surface area contributed by atoms with Gasteiger partial charge in [0.15, 0.2) is 0 Å². The molecule has 1 unspecified atom stereocenters. The van der Waals surface area contributed by atoms with E-state index >= 15 is 0 Å². The molecule has 0 saturated heterocycles. The molecule has 0 spiro atoms. The van der Waals surface area contributed by atoms with E-state index in [0.29, 0.717) is 31.6 Å². The van der Waals surface area contributed by atoms with Crippen molar-refractivity contribution in [2.45, 2.75) is 43.7 Å². The first-order valence-electron chi connectivity index (χ1n) is 7.65. The molecule has 0 amide bonds. The second-order valence-electron chi connectivity index (χ2n) is 5.76. The van der Waals surface area contributed by atoms with Gasteiger partial charge >= 0.3 is 0 Å². The molecule has 1 aliphatic heterocycles. The highest BCUT2D eigenvalue weighted by molar-refractivity contribution is 7.89. The number of hydrogen-bond acceptors (Lipinski definition) is 5. The largest absolute Gasteiger partial charge is 0.495 e. The van der Waals surface area contributed by atoms with Gasteiger partial charge in [0, 0.05) is 19.0 Å². The molecule has 130 valence electrons. The highest BCUT2D eigenvalue weighted by Gasteiger charge is 2.24.